The van der Waals surface area contributed by atoms with Crippen molar-refractivity contribution in [2.24, 2.45) is 23.7 Å². The molecular formula is C19H31N5O. The fourth-order valence-corrected chi connectivity index (χ4v) is 5.07. The molecule has 25 heavy (non-hydrogen) atoms. The predicted octanol–water partition coefficient (Wildman–Crippen LogP) is 3.20. The smallest absolute Gasteiger partial charge is 0.220 e. The van der Waals surface area contributed by atoms with Gasteiger partial charge < -0.3 is 5.32 Å². The van der Waals surface area contributed by atoms with E-state index in [1.165, 1.54) is 38.5 Å². The minimum absolute atomic E-state index is 0.252. The van der Waals surface area contributed by atoms with E-state index < -0.39 is 0 Å². The molecule has 1 aromatic heterocycles. The summed E-state index contributed by atoms with van der Waals surface area (Å²) in [5, 5.41) is 17.8. The van der Waals surface area contributed by atoms with Crippen molar-refractivity contribution in [3.63, 3.8) is 0 Å². The zero-order valence-corrected chi connectivity index (χ0v) is 15.1. The highest BCUT2D eigenvalue weighted by molar-refractivity contribution is 5.76. The van der Waals surface area contributed by atoms with Crippen LogP contribution in [0.4, 0.5) is 0 Å². The van der Waals surface area contributed by atoms with Crippen LogP contribution in [0.2, 0.25) is 0 Å². The molecule has 2 N–H and O–H groups in total. The third-order valence-electron chi connectivity index (χ3n) is 7.03. The van der Waals surface area contributed by atoms with Crippen LogP contribution >= 0.6 is 0 Å². The van der Waals surface area contributed by atoms with E-state index in [0.29, 0.717) is 18.3 Å². The van der Waals surface area contributed by atoms with Gasteiger partial charge in [-0.05, 0) is 42.9 Å². The molecule has 4 rings (SSSR count). The number of amides is 1. The summed E-state index contributed by atoms with van der Waals surface area (Å²) in [4.78, 5) is 12.5. The van der Waals surface area contributed by atoms with Gasteiger partial charge in [-0.1, -0.05) is 50.2 Å². The van der Waals surface area contributed by atoms with Gasteiger partial charge >= 0.3 is 0 Å². The van der Waals surface area contributed by atoms with Gasteiger partial charge in [-0.25, -0.2) is 0 Å². The van der Waals surface area contributed by atoms with Crippen LogP contribution in [0, 0.1) is 23.7 Å². The number of carbonyl (C=O) groups excluding carboxylic acids is 1. The van der Waals surface area contributed by atoms with Gasteiger partial charge in [0.15, 0.2) is 5.82 Å². The summed E-state index contributed by atoms with van der Waals surface area (Å²) in [7, 11) is 0. The summed E-state index contributed by atoms with van der Waals surface area (Å²) in [6, 6.07) is 0. The fourth-order valence-electron chi connectivity index (χ4n) is 5.07. The Labute approximate surface area is 149 Å². The van der Waals surface area contributed by atoms with E-state index in [4.69, 9.17) is 0 Å². The van der Waals surface area contributed by atoms with Crippen molar-refractivity contribution in [1.82, 2.24) is 25.9 Å². The number of carbonyl (C=O) groups is 1. The third-order valence-corrected chi connectivity index (χ3v) is 7.03. The van der Waals surface area contributed by atoms with Crippen LogP contribution in [-0.4, -0.2) is 33.1 Å². The van der Waals surface area contributed by atoms with E-state index in [9.17, 15) is 4.79 Å². The molecule has 3 aliphatic rings. The van der Waals surface area contributed by atoms with Crippen molar-refractivity contribution in [3.05, 3.63) is 5.82 Å². The highest BCUT2D eigenvalue weighted by Crippen LogP contribution is 2.44. The zero-order chi connectivity index (χ0) is 17.1. The van der Waals surface area contributed by atoms with Crippen LogP contribution in [0.3, 0.4) is 0 Å². The number of rotatable bonds is 7. The Morgan fingerprint density at radius 2 is 1.80 bits per heavy atom. The van der Waals surface area contributed by atoms with Crippen molar-refractivity contribution >= 4 is 5.91 Å². The van der Waals surface area contributed by atoms with Gasteiger partial charge in [-0.15, -0.1) is 10.2 Å². The predicted molar refractivity (Wildman–Crippen MR) is 94.7 cm³/mol. The van der Waals surface area contributed by atoms with Crippen LogP contribution in [0.1, 0.15) is 82.4 Å². The van der Waals surface area contributed by atoms with Crippen LogP contribution in [0.5, 0.6) is 0 Å². The monoisotopic (exact) mass is 345 g/mol. The molecule has 0 spiro atoms. The van der Waals surface area contributed by atoms with Gasteiger partial charge in [-0.3, -0.25) is 4.79 Å². The number of tetrazole rings is 1. The molecule has 138 valence electrons. The lowest BCUT2D eigenvalue weighted by atomic mass is 9.64. The lowest BCUT2D eigenvalue weighted by molar-refractivity contribution is -0.122. The molecule has 1 amide bonds. The first-order chi connectivity index (χ1) is 12.3. The van der Waals surface area contributed by atoms with E-state index in [1.54, 1.807) is 0 Å². The van der Waals surface area contributed by atoms with Crippen LogP contribution in [0.25, 0.3) is 0 Å². The molecule has 0 aromatic carbocycles. The fraction of sp³-hybridized carbons (Fsp3) is 0.895. The Kier molecular flexibility index (Phi) is 5.32. The molecule has 1 heterocycles. The van der Waals surface area contributed by atoms with Crippen molar-refractivity contribution in [3.8, 4) is 0 Å². The highest BCUT2D eigenvalue weighted by atomic mass is 16.1. The van der Waals surface area contributed by atoms with E-state index in [1.807, 2.05) is 0 Å². The lowest BCUT2D eigenvalue weighted by Crippen LogP contribution is -2.41. The second-order valence-corrected chi connectivity index (χ2v) is 8.55. The summed E-state index contributed by atoms with van der Waals surface area (Å²) in [5.74, 6) is 4.39. The maximum Gasteiger partial charge on any atom is 0.220 e. The molecule has 3 fully saturated rings. The SMILES string of the molecule is O=C(CC1CCCC(c2nn[nH]n2)C1)NCC(C1CCC1)C1CCC1. The molecule has 0 radical (unpaired) electrons. The quantitative estimate of drug-likeness (QED) is 0.795. The normalized spacial score (nSPS) is 27.7. The van der Waals surface area contributed by atoms with Crippen molar-refractivity contribution in [1.29, 1.82) is 0 Å². The number of aromatic nitrogens is 4. The maximum atomic E-state index is 12.5. The van der Waals surface area contributed by atoms with Crippen LogP contribution in [0.15, 0.2) is 0 Å². The third kappa shape index (κ3) is 4.04. The van der Waals surface area contributed by atoms with E-state index in [0.717, 1.165) is 55.8 Å². The molecule has 3 saturated carbocycles. The molecule has 0 saturated heterocycles. The summed E-state index contributed by atoms with van der Waals surface area (Å²) >= 11 is 0. The average Bonchev–Trinajstić information content (AvgIpc) is 3.04. The van der Waals surface area contributed by atoms with Gasteiger partial charge in [0.25, 0.3) is 0 Å². The molecule has 2 unspecified atom stereocenters. The van der Waals surface area contributed by atoms with Crippen molar-refractivity contribution < 1.29 is 4.79 Å². The first-order valence-corrected chi connectivity index (χ1v) is 10.3. The standard InChI is InChI=1S/C19H31N5O/c25-18(20-12-17(14-5-2-6-14)15-7-3-8-15)11-13-4-1-9-16(10-13)19-21-23-24-22-19/h13-17H,1-12H2,(H,20,25)(H,21,22,23,24). The van der Waals surface area contributed by atoms with Crippen LogP contribution in [-0.2, 0) is 4.79 Å². The van der Waals surface area contributed by atoms with E-state index in [-0.39, 0.29) is 5.91 Å². The molecule has 3 aliphatic carbocycles. The van der Waals surface area contributed by atoms with Crippen molar-refractivity contribution in [2.75, 3.05) is 6.54 Å². The van der Waals surface area contributed by atoms with Crippen molar-refractivity contribution in [2.45, 2.75) is 76.5 Å². The Morgan fingerprint density at radius 3 is 2.40 bits per heavy atom. The first kappa shape index (κ1) is 17.0. The summed E-state index contributed by atoms with van der Waals surface area (Å²) < 4.78 is 0. The Hall–Kier alpha value is -1.46. The minimum Gasteiger partial charge on any atom is -0.356 e. The summed E-state index contributed by atoms with van der Waals surface area (Å²) in [6.45, 7) is 0.912. The first-order valence-electron chi connectivity index (χ1n) is 10.3. The topological polar surface area (TPSA) is 83.6 Å². The average molecular weight is 345 g/mol. The largest absolute Gasteiger partial charge is 0.356 e. The maximum absolute atomic E-state index is 12.5. The Morgan fingerprint density at radius 1 is 1.08 bits per heavy atom. The number of hydrogen-bond acceptors (Lipinski definition) is 4. The molecule has 0 aliphatic heterocycles. The molecule has 1 aromatic rings. The molecule has 2 atom stereocenters. The molecule has 6 heteroatoms. The minimum atomic E-state index is 0.252. The van der Waals surface area contributed by atoms with Gasteiger partial charge in [0.2, 0.25) is 5.91 Å². The molecule has 6 nitrogen and oxygen atoms in total. The highest BCUT2D eigenvalue weighted by Gasteiger charge is 2.36. The summed E-state index contributed by atoms with van der Waals surface area (Å²) in [6.07, 6.45) is 13.4. The number of aromatic amines is 1. The lowest BCUT2D eigenvalue weighted by Gasteiger charge is -2.42. The van der Waals surface area contributed by atoms with Crippen LogP contribution < -0.4 is 5.32 Å². The number of H-pyrrole nitrogens is 1. The van der Waals surface area contributed by atoms with E-state index in [2.05, 4.69) is 25.9 Å². The second kappa shape index (κ2) is 7.83. The number of nitrogens with zero attached hydrogens (tertiary/aromatic N) is 3. The zero-order valence-electron chi connectivity index (χ0n) is 15.1. The Bertz CT molecular complexity index is 538. The number of nitrogens with one attached hydrogen (secondary N) is 2. The van der Waals surface area contributed by atoms with Gasteiger partial charge in [0, 0.05) is 18.9 Å². The van der Waals surface area contributed by atoms with Gasteiger partial charge in [-0.2, -0.15) is 5.21 Å². The number of hydrogen-bond donors (Lipinski definition) is 2. The Balaban J connectivity index is 1.24. The second-order valence-electron chi connectivity index (χ2n) is 8.55. The van der Waals surface area contributed by atoms with E-state index >= 15 is 0 Å². The van der Waals surface area contributed by atoms with Gasteiger partial charge in [0.05, 0.1) is 0 Å². The molecule has 0 bridgehead atoms. The summed E-state index contributed by atoms with van der Waals surface area (Å²) in [5.41, 5.74) is 0. The molecular weight excluding hydrogens is 314 g/mol. The van der Waals surface area contributed by atoms with Gasteiger partial charge in [0.1, 0.15) is 0 Å².